The summed E-state index contributed by atoms with van der Waals surface area (Å²) >= 11 is 9.11. The van der Waals surface area contributed by atoms with Gasteiger partial charge in [0.05, 0.1) is 5.02 Å². The zero-order chi connectivity index (χ0) is 12.4. The number of halogens is 2. The minimum Gasteiger partial charge on any atom is -0.356 e. The van der Waals surface area contributed by atoms with Crippen molar-refractivity contribution in [2.24, 2.45) is 0 Å². The van der Waals surface area contributed by atoms with Crippen LogP contribution in [0.25, 0.3) is 0 Å². The first-order valence-electron chi connectivity index (χ1n) is 4.97. The molecule has 1 amide bonds. The number of aromatic nitrogens is 1. The highest BCUT2D eigenvalue weighted by molar-refractivity contribution is 9.10. The van der Waals surface area contributed by atoms with Crippen molar-refractivity contribution in [2.45, 2.75) is 6.92 Å². The van der Waals surface area contributed by atoms with Crippen molar-refractivity contribution in [3.8, 4) is 0 Å². The van der Waals surface area contributed by atoms with Crippen molar-refractivity contribution >= 4 is 39.1 Å². The first kappa shape index (κ1) is 12.2. The third-order valence-corrected chi connectivity index (χ3v) is 3.05. The number of rotatable bonds is 2. The van der Waals surface area contributed by atoms with Crippen LogP contribution in [0.5, 0.6) is 0 Å². The van der Waals surface area contributed by atoms with Crippen molar-refractivity contribution in [3.05, 3.63) is 51.2 Å². The molecule has 0 fully saturated rings. The van der Waals surface area contributed by atoms with Gasteiger partial charge in [0, 0.05) is 16.4 Å². The fraction of sp³-hybridized carbons (Fsp3) is 0.0833. The van der Waals surface area contributed by atoms with E-state index in [0.717, 1.165) is 15.7 Å². The van der Waals surface area contributed by atoms with Crippen molar-refractivity contribution in [3.63, 3.8) is 0 Å². The summed E-state index contributed by atoms with van der Waals surface area (Å²) in [6, 6.07) is 7.31. The molecular weight excluding hydrogens is 304 g/mol. The van der Waals surface area contributed by atoms with E-state index in [-0.39, 0.29) is 5.91 Å². The van der Waals surface area contributed by atoms with E-state index in [1.807, 2.05) is 25.1 Å². The molecule has 2 aromatic rings. The maximum atomic E-state index is 11.9. The first-order valence-corrected chi connectivity index (χ1v) is 6.15. The number of benzene rings is 1. The van der Waals surface area contributed by atoms with Crippen LogP contribution in [0.3, 0.4) is 0 Å². The molecule has 88 valence electrons. The molecular formula is C12H10BrClN2O. The minimum atomic E-state index is -0.210. The molecule has 3 nitrogen and oxygen atoms in total. The lowest BCUT2D eigenvalue weighted by molar-refractivity contribution is 0.102. The number of carbonyl (C=O) groups is 1. The zero-order valence-corrected chi connectivity index (χ0v) is 11.4. The monoisotopic (exact) mass is 312 g/mol. The molecule has 0 atom stereocenters. The summed E-state index contributed by atoms with van der Waals surface area (Å²) in [7, 11) is 0. The molecule has 5 heteroatoms. The largest absolute Gasteiger partial charge is 0.356 e. The van der Waals surface area contributed by atoms with Crippen LogP contribution in [0.2, 0.25) is 5.02 Å². The smallest absolute Gasteiger partial charge is 0.272 e. The molecule has 2 N–H and O–H groups in total. The normalized spacial score (nSPS) is 10.3. The highest BCUT2D eigenvalue weighted by atomic mass is 79.9. The van der Waals surface area contributed by atoms with E-state index in [2.05, 4.69) is 26.2 Å². The molecule has 0 bridgehead atoms. The average Bonchev–Trinajstić information content (AvgIpc) is 2.70. The number of hydrogen-bond acceptors (Lipinski definition) is 1. The van der Waals surface area contributed by atoms with Gasteiger partial charge in [0.25, 0.3) is 5.91 Å². The second-order valence-corrected chi connectivity index (χ2v) is 5.00. The summed E-state index contributed by atoms with van der Waals surface area (Å²) in [5.74, 6) is -0.210. The van der Waals surface area contributed by atoms with Crippen LogP contribution in [-0.2, 0) is 0 Å². The topological polar surface area (TPSA) is 44.9 Å². The van der Waals surface area contributed by atoms with Crippen molar-refractivity contribution in [1.82, 2.24) is 4.98 Å². The number of anilines is 1. The van der Waals surface area contributed by atoms with Crippen LogP contribution < -0.4 is 5.32 Å². The molecule has 0 saturated heterocycles. The van der Waals surface area contributed by atoms with Crippen LogP contribution in [-0.4, -0.2) is 10.9 Å². The Balaban J connectivity index is 2.21. The standard InChI is InChI=1S/C12H10BrClN2O/c1-7-2-3-8(13)4-10(7)16-12(17)11-5-9(14)6-15-11/h2-6,15H,1H3,(H,16,17). The second kappa shape index (κ2) is 4.94. The van der Waals surface area contributed by atoms with Gasteiger partial charge in [-0.2, -0.15) is 0 Å². The van der Waals surface area contributed by atoms with Crippen LogP contribution in [0.1, 0.15) is 16.1 Å². The second-order valence-electron chi connectivity index (χ2n) is 3.64. The van der Waals surface area contributed by atoms with E-state index in [4.69, 9.17) is 11.6 Å². The Bertz CT molecular complexity index is 565. The molecule has 1 aromatic heterocycles. The number of H-pyrrole nitrogens is 1. The Hall–Kier alpha value is -1.26. The fourth-order valence-electron chi connectivity index (χ4n) is 1.42. The lowest BCUT2D eigenvalue weighted by Gasteiger charge is -2.07. The van der Waals surface area contributed by atoms with E-state index in [0.29, 0.717) is 10.7 Å². The van der Waals surface area contributed by atoms with Crippen molar-refractivity contribution in [2.75, 3.05) is 5.32 Å². The summed E-state index contributed by atoms with van der Waals surface area (Å²) in [5, 5.41) is 3.34. The minimum absolute atomic E-state index is 0.210. The van der Waals surface area contributed by atoms with E-state index < -0.39 is 0 Å². The van der Waals surface area contributed by atoms with Gasteiger partial charge in [-0.15, -0.1) is 0 Å². The zero-order valence-electron chi connectivity index (χ0n) is 9.05. The first-order chi connectivity index (χ1) is 8.06. The summed E-state index contributed by atoms with van der Waals surface area (Å²) in [5.41, 5.74) is 2.21. The van der Waals surface area contributed by atoms with Gasteiger partial charge in [0.1, 0.15) is 5.69 Å². The average molecular weight is 314 g/mol. The molecule has 1 aromatic carbocycles. The maximum absolute atomic E-state index is 11.9. The lowest BCUT2D eigenvalue weighted by atomic mass is 10.2. The highest BCUT2D eigenvalue weighted by Gasteiger charge is 2.09. The summed E-state index contributed by atoms with van der Waals surface area (Å²) in [6.07, 6.45) is 1.57. The predicted molar refractivity (Wildman–Crippen MR) is 72.6 cm³/mol. The van der Waals surface area contributed by atoms with Gasteiger partial charge >= 0.3 is 0 Å². The maximum Gasteiger partial charge on any atom is 0.272 e. The van der Waals surface area contributed by atoms with Crippen LogP contribution in [0.4, 0.5) is 5.69 Å². The number of aromatic amines is 1. The lowest BCUT2D eigenvalue weighted by Crippen LogP contribution is -2.13. The Labute approximate surface area is 112 Å². The van der Waals surface area contributed by atoms with Gasteiger partial charge in [-0.3, -0.25) is 4.79 Å². The van der Waals surface area contributed by atoms with Crippen LogP contribution in [0, 0.1) is 6.92 Å². The molecule has 0 unspecified atom stereocenters. The number of aryl methyl sites for hydroxylation is 1. The van der Waals surface area contributed by atoms with Crippen molar-refractivity contribution in [1.29, 1.82) is 0 Å². The van der Waals surface area contributed by atoms with Gasteiger partial charge in [-0.1, -0.05) is 33.6 Å². The Morgan fingerprint density at radius 1 is 1.41 bits per heavy atom. The van der Waals surface area contributed by atoms with Gasteiger partial charge in [-0.25, -0.2) is 0 Å². The van der Waals surface area contributed by atoms with Crippen molar-refractivity contribution < 1.29 is 4.79 Å². The number of carbonyl (C=O) groups excluding carboxylic acids is 1. The fourth-order valence-corrected chi connectivity index (χ4v) is 1.94. The van der Waals surface area contributed by atoms with E-state index in [1.54, 1.807) is 12.3 Å². The quantitative estimate of drug-likeness (QED) is 0.865. The van der Waals surface area contributed by atoms with Crippen LogP contribution in [0.15, 0.2) is 34.9 Å². The number of nitrogens with one attached hydrogen (secondary N) is 2. The SMILES string of the molecule is Cc1ccc(Br)cc1NC(=O)c1cc(Cl)c[nH]1. The van der Waals surface area contributed by atoms with Gasteiger partial charge < -0.3 is 10.3 Å². The summed E-state index contributed by atoms with van der Waals surface area (Å²) < 4.78 is 0.919. The summed E-state index contributed by atoms with van der Waals surface area (Å²) in [6.45, 7) is 1.93. The van der Waals surface area contributed by atoms with E-state index >= 15 is 0 Å². The van der Waals surface area contributed by atoms with Gasteiger partial charge in [0.2, 0.25) is 0 Å². The molecule has 0 spiro atoms. The molecule has 2 rings (SSSR count). The highest BCUT2D eigenvalue weighted by Crippen LogP contribution is 2.21. The number of hydrogen-bond donors (Lipinski definition) is 2. The molecule has 17 heavy (non-hydrogen) atoms. The van der Waals surface area contributed by atoms with E-state index in [9.17, 15) is 4.79 Å². The molecule has 0 aliphatic carbocycles. The number of amides is 1. The Morgan fingerprint density at radius 3 is 2.82 bits per heavy atom. The molecule has 0 aliphatic heterocycles. The molecule has 0 saturated carbocycles. The van der Waals surface area contributed by atoms with Gasteiger partial charge in [0.15, 0.2) is 0 Å². The molecule has 0 radical (unpaired) electrons. The Morgan fingerprint density at radius 2 is 2.18 bits per heavy atom. The third kappa shape index (κ3) is 2.90. The van der Waals surface area contributed by atoms with Gasteiger partial charge in [-0.05, 0) is 30.7 Å². The van der Waals surface area contributed by atoms with E-state index in [1.165, 1.54) is 0 Å². The molecule has 1 heterocycles. The summed E-state index contributed by atoms with van der Waals surface area (Å²) in [4.78, 5) is 14.7. The predicted octanol–water partition coefficient (Wildman–Crippen LogP) is 3.99. The Kier molecular flexibility index (Phi) is 3.54. The molecule has 0 aliphatic rings. The van der Waals surface area contributed by atoms with Crippen LogP contribution >= 0.6 is 27.5 Å². The third-order valence-electron chi connectivity index (χ3n) is 2.34.